The first-order chi connectivity index (χ1) is 12.3. The van der Waals surface area contributed by atoms with Crippen LogP contribution in [0.2, 0.25) is 0 Å². The molecule has 4 heteroatoms. The van der Waals surface area contributed by atoms with Gasteiger partial charge in [0.25, 0.3) is 0 Å². The lowest BCUT2D eigenvalue weighted by molar-refractivity contribution is 0.301. The van der Waals surface area contributed by atoms with Crippen LogP contribution >= 0.6 is 0 Å². The number of nitrogens with zero attached hydrogens (tertiary/aromatic N) is 2. The monoisotopic (exact) mass is 332 g/mol. The van der Waals surface area contributed by atoms with Crippen molar-refractivity contribution in [3.63, 3.8) is 0 Å². The molecule has 25 heavy (non-hydrogen) atoms. The first kappa shape index (κ1) is 15.4. The van der Waals surface area contributed by atoms with Crippen molar-refractivity contribution in [1.29, 1.82) is 0 Å². The number of aromatic nitrogens is 2. The SMILES string of the molecule is Fc1ccc(-c2nc3ccccc3n2CCOc2ccccc2)cc1. The molecule has 124 valence electrons. The molecular formula is C21H17FN2O. The molecule has 0 radical (unpaired) electrons. The quantitative estimate of drug-likeness (QED) is 0.518. The van der Waals surface area contributed by atoms with E-state index in [0.717, 1.165) is 28.2 Å². The molecular weight excluding hydrogens is 315 g/mol. The highest BCUT2D eigenvalue weighted by Gasteiger charge is 2.12. The van der Waals surface area contributed by atoms with Crippen LogP contribution < -0.4 is 4.74 Å². The maximum absolute atomic E-state index is 13.3. The Bertz CT molecular complexity index is 978. The molecule has 3 nitrogen and oxygen atoms in total. The van der Waals surface area contributed by atoms with Crippen LogP contribution in [-0.4, -0.2) is 16.2 Å². The van der Waals surface area contributed by atoms with Gasteiger partial charge >= 0.3 is 0 Å². The Labute approximate surface area is 145 Å². The molecule has 0 aliphatic heterocycles. The van der Waals surface area contributed by atoms with Gasteiger partial charge in [-0.1, -0.05) is 30.3 Å². The van der Waals surface area contributed by atoms with E-state index >= 15 is 0 Å². The highest BCUT2D eigenvalue weighted by atomic mass is 19.1. The number of hydrogen-bond donors (Lipinski definition) is 0. The summed E-state index contributed by atoms with van der Waals surface area (Å²) in [6.07, 6.45) is 0. The summed E-state index contributed by atoms with van der Waals surface area (Å²) >= 11 is 0. The molecule has 4 rings (SSSR count). The normalized spacial score (nSPS) is 10.9. The second kappa shape index (κ2) is 6.77. The molecule has 0 aliphatic rings. The molecule has 4 aromatic rings. The lowest BCUT2D eigenvalue weighted by atomic mass is 10.2. The Kier molecular flexibility index (Phi) is 4.17. The van der Waals surface area contributed by atoms with E-state index in [1.807, 2.05) is 54.6 Å². The minimum absolute atomic E-state index is 0.251. The Hall–Kier alpha value is -3.14. The van der Waals surface area contributed by atoms with Crippen molar-refractivity contribution >= 4 is 11.0 Å². The van der Waals surface area contributed by atoms with Crippen LogP contribution in [0, 0.1) is 5.82 Å². The molecule has 0 atom stereocenters. The lowest BCUT2D eigenvalue weighted by Crippen LogP contribution is -2.09. The van der Waals surface area contributed by atoms with Crippen molar-refractivity contribution < 1.29 is 9.13 Å². The van der Waals surface area contributed by atoms with E-state index in [4.69, 9.17) is 9.72 Å². The number of imidazole rings is 1. The van der Waals surface area contributed by atoms with Crippen molar-refractivity contribution in [2.24, 2.45) is 0 Å². The van der Waals surface area contributed by atoms with Crippen molar-refractivity contribution in [3.8, 4) is 17.1 Å². The summed E-state index contributed by atoms with van der Waals surface area (Å²) in [5.41, 5.74) is 2.84. The van der Waals surface area contributed by atoms with Gasteiger partial charge in [-0.25, -0.2) is 9.37 Å². The highest BCUT2D eigenvalue weighted by Crippen LogP contribution is 2.25. The van der Waals surface area contributed by atoms with E-state index in [2.05, 4.69) is 4.57 Å². The number of hydrogen-bond acceptors (Lipinski definition) is 2. The minimum Gasteiger partial charge on any atom is -0.492 e. The maximum Gasteiger partial charge on any atom is 0.141 e. The molecule has 0 aliphatic carbocycles. The summed E-state index contributed by atoms with van der Waals surface area (Å²) in [6, 6.07) is 24.1. The molecule has 0 bridgehead atoms. The second-order valence-corrected chi connectivity index (χ2v) is 5.74. The van der Waals surface area contributed by atoms with Crippen molar-refractivity contribution in [2.45, 2.75) is 6.54 Å². The Morgan fingerprint density at radius 3 is 2.36 bits per heavy atom. The highest BCUT2D eigenvalue weighted by molar-refractivity contribution is 5.80. The molecule has 0 fully saturated rings. The van der Waals surface area contributed by atoms with Crippen molar-refractivity contribution in [3.05, 3.63) is 84.7 Å². The molecule has 0 N–H and O–H groups in total. The summed E-state index contributed by atoms with van der Waals surface area (Å²) in [5, 5.41) is 0. The van der Waals surface area contributed by atoms with Crippen LogP contribution in [0.3, 0.4) is 0 Å². The van der Waals surface area contributed by atoms with Gasteiger partial charge in [0.05, 0.1) is 17.6 Å². The van der Waals surface area contributed by atoms with Crippen LogP contribution in [-0.2, 0) is 6.54 Å². The summed E-state index contributed by atoms with van der Waals surface area (Å²) in [6.45, 7) is 1.18. The Balaban J connectivity index is 1.66. The third-order valence-electron chi connectivity index (χ3n) is 4.08. The van der Waals surface area contributed by atoms with E-state index in [1.165, 1.54) is 12.1 Å². The molecule has 0 saturated heterocycles. The third kappa shape index (κ3) is 3.24. The number of rotatable bonds is 5. The molecule has 0 amide bonds. The fourth-order valence-electron chi connectivity index (χ4n) is 2.89. The predicted molar refractivity (Wildman–Crippen MR) is 97.1 cm³/mol. The molecule has 0 saturated carbocycles. The molecule has 0 unspecified atom stereocenters. The topological polar surface area (TPSA) is 27.1 Å². The summed E-state index contributed by atoms with van der Waals surface area (Å²) < 4.78 is 21.2. The first-order valence-corrected chi connectivity index (χ1v) is 8.20. The number of benzene rings is 3. The van der Waals surface area contributed by atoms with Gasteiger partial charge in [0.15, 0.2) is 0 Å². The minimum atomic E-state index is -0.251. The second-order valence-electron chi connectivity index (χ2n) is 5.74. The molecule has 1 heterocycles. The third-order valence-corrected chi connectivity index (χ3v) is 4.08. The van der Waals surface area contributed by atoms with E-state index in [9.17, 15) is 4.39 Å². The van der Waals surface area contributed by atoms with Crippen molar-refractivity contribution in [2.75, 3.05) is 6.61 Å². The lowest BCUT2D eigenvalue weighted by Gasteiger charge is -2.11. The van der Waals surface area contributed by atoms with Crippen LogP contribution in [0.15, 0.2) is 78.9 Å². The van der Waals surface area contributed by atoms with Gasteiger partial charge in [-0.3, -0.25) is 0 Å². The van der Waals surface area contributed by atoms with Gasteiger partial charge in [0, 0.05) is 5.56 Å². The van der Waals surface area contributed by atoms with Crippen molar-refractivity contribution in [1.82, 2.24) is 9.55 Å². The summed E-state index contributed by atoms with van der Waals surface area (Å²) in [4.78, 5) is 4.72. The van der Waals surface area contributed by atoms with Crippen LogP contribution in [0.4, 0.5) is 4.39 Å². The maximum atomic E-state index is 13.3. The van der Waals surface area contributed by atoms with E-state index in [-0.39, 0.29) is 5.82 Å². The predicted octanol–water partition coefficient (Wildman–Crippen LogP) is 4.92. The number of halogens is 1. The number of ether oxygens (including phenoxy) is 1. The van der Waals surface area contributed by atoms with Crippen LogP contribution in [0.1, 0.15) is 0 Å². The molecule has 3 aromatic carbocycles. The van der Waals surface area contributed by atoms with Crippen LogP contribution in [0.5, 0.6) is 5.75 Å². The largest absolute Gasteiger partial charge is 0.492 e. The standard InChI is InChI=1S/C21H17FN2O/c22-17-12-10-16(11-13-17)21-23-19-8-4-5-9-20(19)24(21)14-15-25-18-6-2-1-3-7-18/h1-13H,14-15H2. The zero-order valence-corrected chi connectivity index (χ0v) is 13.6. The molecule has 0 spiro atoms. The van der Waals surface area contributed by atoms with Gasteiger partial charge in [-0.2, -0.15) is 0 Å². The fraction of sp³-hybridized carbons (Fsp3) is 0.0952. The average Bonchev–Trinajstić information content (AvgIpc) is 3.02. The van der Waals surface area contributed by atoms with Gasteiger partial charge in [0.2, 0.25) is 0 Å². The summed E-state index contributed by atoms with van der Waals surface area (Å²) in [5.74, 6) is 1.41. The average molecular weight is 332 g/mol. The van der Waals surface area contributed by atoms with Gasteiger partial charge in [-0.15, -0.1) is 0 Å². The molecule has 1 aromatic heterocycles. The first-order valence-electron chi connectivity index (χ1n) is 8.20. The van der Waals surface area contributed by atoms with Gasteiger partial charge in [-0.05, 0) is 48.5 Å². The number of para-hydroxylation sites is 3. The van der Waals surface area contributed by atoms with E-state index < -0.39 is 0 Å². The van der Waals surface area contributed by atoms with Gasteiger partial charge < -0.3 is 9.30 Å². The van der Waals surface area contributed by atoms with E-state index in [0.29, 0.717) is 13.2 Å². The number of fused-ring (bicyclic) bond motifs is 1. The zero-order chi connectivity index (χ0) is 17.1. The van der Waals surface area contributed by atoms with Gasteiger partial charge in [0.1, 0.15) is 24.0 Å². The zero-order valence-electron chi connectivity index (χ0n) is 13.6. The fourth-order valence-corrected chi connectivity index (χ4v) is 2.89. The summed E-state index contributed by atoms with van der Waals surface area (Å²) in [7, 11) is 0. The Morgan fingerprint density at radius 1 is 0.840 bits per heavy atom. The van der Waals surface area contributed by atoms with Crippen LogP contribution in [0.25, 0.3) is 22.4 Å². The Morgan fingerprint density at radius 2 is 1.56 bits per heavy atom. The van der Waals surface area contributed by atoms with E-state index in [1.54, 1.807) is 12.1 Å². The smallest absolute Gasteiger partial charge is 0.141 e.